The van der Waals surface area contributed by atoms with Crippen molar-refractivity contribution in [2.24, 2.45) is 5.73 Å². The molecule has 0 fully saturated rings. The fourth-order valence-corrected chi connectivity index (χ4v) is 2.89. The molecule has 0 aliphatic carbocycles. The molecule has 0 unspecified atom stereocenters. The zero-order valence-electron chi connectivity index (χ0n) is 18.8. The number of anilines is 1. The van der Waals surface area contributed by atoms with Gasteiger partial charge in [-0.3, -0.25) is 4.79 Å². The van der Waals surface area contributed by atoms with Gasteiger partial charge in [0.25, 0.3) is 0 Å². The molecule has 0 aliphatic rings. The van der Waals surface area contributed by atoms with Crippen LogP contribution in [0.15, 0.2) is 12.1 Å². The highest BCUT2D eigenvalue weighted by atomic mass is 19.4. The normalized spacial score (nSPS) is 14.8. The highest BCUT2D eigenvalue weighted by Crippen LogP contribution is 2.61. The van der Waals surface area contributed by atoms with Gasteiger partial charge < -0.3 is 21.1 Å². The molecule has 0 spiro atoms. The van der Waals surface area contributed by atoms with E-state index in [1.54, 1.807) is 0 Å². The zero-order chi connectivity index (χ0) is 33.0. The largest absolute Gasteiger partial charge is 0.490 e. The Labute approximate surface area is 214 Å². The highest BCUT2D eigenvalue weighted by molar-refractivity contribution is 6.60. The molecule has 0 atom stereocenters. The number of nitrogens with one attached hydrogen (secondary N) is 1. The van der Waals surface area contributed by atoms with Crippen LogP contribution in [0, 0.1) is 0 Å². The molecule has 0 aliphatic heterocycles. The average molecular weight is 644 g/mol. The van der Waals surface area contributed by atoms with Crippen LogP contribution in [0.1, 0.15) is 17.5 Å². The molecular weight excluding hydrogens is 633 g/mol. The van der Waals surface area contributed by atoms with Gasteiger partial charge in [-0.15, -0.1) is 0 Å². The molecule has 236 valence electrons. The van der Waals surface area contributed by atoms with Gasteiger partial charge >= 0.3 is 55.0 Å². The highest BCUT2D eigenvalue weighted by Gasteiger charge is 2.85. The topological polar surface area (TPSA) is 95.6 Å². The fourth-order valence-electron chi connectivity index (χ4n) is 2.89. The summed E-state index contributed by atoms with van der Waals surface area (Å²) in [5.74, 6) is -48.6. The Morgan fingerprint density at radius 3 is 1.29 bits per heavy atom. The van der Waals surface area contributed by atoms with Crippen LogP contribution in [0.25, 0.3) is 0 Å². The summed E-state index contributed by atoms with van der Waals surface area (Å²) in [5.41, 5.74) is -6.82. The average Bonchev–Trinajstić information content (AvgIpc) is 2.76. The van der Waals surface area contributed by atoms with Gasteiger partial charge in [-0.2, -0.15) is 79.0 Å². The number of hydrogen-bond donors (Lipinski definition) is 4. The molecule has 0 aromatic heterocycles. The van der Waals surface area contributed by atoms with Crippen molar-refractivity contribution in [3.8, 4) is 0 Å². The molecule has 41 heavy (non-hydrogen) atoms. The lowest BCUT2D eigenvalue weighted by Crippen LogP contribution is -2.62. The van der Waals surface area contributed by atoms with E-state index in [0.717, 1.165) is 0 Å². The third-order valence-electron chi connectivity index (χ3n) is 5.08. The van der Waals surface area contributed by atoms with E-state index >= 15 is 0 Å². The van der Waals surface area contributed by atoms with Crippen molar-refractivity contribution in [3.05, 3.63) is 23.3 Å². The molecule has 0 heterocycles. The molecule has 1 rings (SSSR count). The van der Waals surface area contributed by atoms with E-state index in [-0.39, 0.29) is 0 Å². The van der Waals surface area contributed by atoms with Crippen molar-refractivity contribution in [1.29, 1.82) is 0 Å². The summed E-state index contributed by atoms with van der Waals surface area (Å²) in [5, 5.41) is 19.7. The first-order valence-corrected chi connectivity index (χ1v) is 9.83. The molecule has 1 aromatic rings. The van der Waals surface area contributed by atoms with Crippen LogP contribution in [0.2, 0.25) is 0 Å². The molecule has 0 saturated heterocycles. The molecule has 24 heteroatoms. The van der Waals surface area contributed by atoms with Crippen molar-refractivity contribution in [2.45, 2.75) is 54.3 Å². The third-order valence-corrected chi connectivity index (χ3v) is 5.08. The SMILES string of the molecule is NCCC(=O)Nc1cc(C(F)(F)C(F)(F)C(F)(F)C(F)(F)F)c(C(F)(F)C(F)(F)C(F)(F)C(F)(F)F)cc1B(O)O. The summed E-state index contributed by atoms with van der Waals surface area (Å²) >= 11 is 0. The molecule has 5 nitrogen and oxygen atoms in total. The second-order valence-electron chi connectivity index (χ2n) is 7.89. The molecule has 0 saturated carbocycles. The fraction of sp³-hybridized carbons (Fsp3) is 0.588. The Hall–Kier alpha value is -2.63. The quantitative estimate of drug-likeness (QED) is 0.223. The van der Waals surface area contributed by atoms with Crippen molar-refractivity contribution in [1.82, 2.24) is 0 Å². The van der Waals surface area contributed by atoms with E-state index in [9.17, 15) is 93.9 Å². The Balaban J connectivity index is 4.37. The summed E-state index contributed by atoms with van der Waals surface area (Å²) in [6.45, 7) is -0.684. The predicted molar refractivity (Wildman–Crippen MR) is 98.3 cm³/mol. The zero-order valence-corrected chi connectivity index (χ0v) is 18.8. The van der Waals surface area contributed by atoms with Gasteiger partial charge in [0.1, 0.15) is 0 Å². The van der Waals surface area contributed by atoms with Gasteiger partial charge in [0, 0.05) is 35.2 Å². The van der Waals surface area contributed by atoms with E-state index < -0.39 is 108 Å². The Morgan fingerprint density at radius 1 is 0.659 bits per heavy atom. The number of alkyl halides is 18. The maximum atomic E-state index is 14.7. The number of hydrogen-bond acceptors (Lipinski definition) is 4. The lowest BCUT2D eigenvalue weighted by atomic mass is 9.74. The smallest absolute Gasteiger partial charge is 0.423 e. The van der Waals surface area contributed by atoms with E-state index in [0.29, 0.717) is 0 Å². The monoisotopic (exact) mass is 644 g/mol. The van der Waals surface area contributed by atoms with Gasteiger partial charge in [0.15, 0.2) is 0 Å². The lowest BCUT2D eigenvalue weighted by molar-refractivity contribution is -0.404. The molecule has 5 N–H and O–H groups in total. The number of amides is 1. The Bertz CT molecular complexity index is 1130. The minimum absolute atomic E-state index is 0.684. The van der Waals surface area contributed by atoms with Crippen LogP contribution in [-0.4, -0.2) is 65.7 Å². The number of rotatable bonds is 10. The van der Waals surface area contributed by atoms with Crippen molar-refractivity contribution < 1.29 is 93.9 Å². The number of halogens is 18. The molecule has 1 amide bonds. The number of carbonyl (C=O) groups excluding carboxylic acids is 1. The predicted octanol–water partition coefficient (Wildman–Crippen LogP) is 4.50. The Morgan fingerprint density at radius 2 is 1.00 bits per heavy atom. The third kappa shape index (κ3) is 5.73. The Kier molecular flexibility index (Phi) is 9.39. The lowest BCUT2D eigenvalue weighted by Gasteiger charge is -2.38. The standard InChI is InChI=1S/C17H11BF18N2O3/c19-10(20,12(23,24)14(27,28)16(31,32)33)5-3-7(18(40)41)8(38-9(39)1-2-37)4-6(5)11(21,22)13(25,26)15(29,30)17(34,35)36/h3-4,40-41H,1-2,37H2,(H,38,39). The minimum Gasteiger partial charge on any atom is -0.423 e. The first-order chi connectivity index (χ1) is 17.9. The second kappa shape index (κ2) is 10.6. The van der Waals surface area contributed by atoms with Crippen LogP contribution in [-0.2, 0) is 16.6 Å². The minimum atomic E-state index is -8.01. The van der Waals surface area contributed by atoms with Gasteiger partial charge in [-0.25, -0.2) is 0 Å². The summed E-state index contributed by atoms with van der Waals surface area (Å²) in [4.78, 5) is 11.7. The summed E-state index contributed by atoms with van der Waals surface area (Å²) in [7, 11) is -3.49. The molecule has 0 radical (unpaired) electrons. The molecule has 1 aromatic carbocycles. The molecule has 0 bridgehead atoms. The van der Waals surface area contributed by atoms with E-state index in [4.69, 9.17) is 5.73 Å². The molecular formula is C17H11BF18N2O3. The van der Waals surface area contributed by atoms with Crippen LogP contribution >= 0.6 is 0 Å². The van der Waals surface area contributed by atoms with Crippen LogP contribution < -0.4 is 16.5 Å². The van der Waals surface area contributed by atoms with Crippen molar-refractivity contribution >= 4 is 24.2 Å². The van der Waals surface area contributed by atoms with Gasteiger partial charge in [-0.05, 0) is 6.07 Å². The first kappa shape index (κ1) is 36.4. The van der Waals surface area contributed by atoms with Crippen LogP contribution in [0.3, 0.4) is 0 Å². The first-order valence-electron chi connectivity index (χ1n) is 9.83. The number of benzene rings is 1. The summed E-state index contributed by atoms with van der Waals surface area (Å²) in [6, 6.07) is -2.58. The second-order valence-corrected chi connectivity index (χ2v) is 7.89. The van der Waals surface area contributed by atoms with E-state index in [1.807, 2.05) is 0 Å². The van der Waals surface area contributed by atoms with Crippen molar-refractivity contribution in [2.75, 3.05) is 11.9 Å². The van der Waals surface area contributed by atoms with E-state index in [2.05, 4.69) is 0 Å². The van der Waals surface area contributed by atoms with E-state index in [1.165, 1.54) is 5.32 Å². The number of carbonyl (C=O) groups is 1. The van der Waals surface area contributed by atoms with Gasteiger partial charge in [0.05, 0.1) is 0 Å². The number of nitrogens with two attached hydrogens (primary N) is 1. The summed E-state index contributed by atoms with van der Waals surface area (Å²) in [6.07, 6.45) is -16.3. The van der Waals surface area contributed by atoms with Gasteiger partial charge in [0.2, 0.25) is 5.91 Å². The van der Waals surface area contributed by atoms with Crippen molar-refractivity contribution in [3.63, 3.8) is 0 Å². The maximum absolute atomic E-state index is 14.7. The van der Waals surface area contributed by atoms with Crippen LogP contribution in [0.5, 0.6) is 0 Å². The maximum Gasteiger partial charge on any atom is 0.490 e. The van der Waals surface area contributed by atoms with Crippen LogP contribution in [0.4, 0.5) is 84.7 Å². The summed E-state index contributed by atoms with van der Waals surface area (Å²) < 4.78 is 243. The van der Waals surface area contributed by atoms with Gasteiger partial charge in [-0.1, -0.05) is 6.07 Å².